The second-order valence-corrected chi connectivity index (χ2v) is 5.88. The zero-order chi connectivity index (χ0) is 16.5. The zero-order valence-electron chi connectivity index (χ0n) is 13.7. The molecule has 1 unspecified atom stereocenters. The Morgan fingerprint density at radius 1 is 1.04 bits per heavy atom. The Hall–Kier alpha value is -2.13. The Kier molecular flexibility index (Phi) is 6.82. The van der Waals surface area contributed by atoms with Gasteiger partial charge in [-0.3, -0.25) is 4.79 Å². The van der Waals surface area contributed by atoms with Crippen molar-refractivity contribution in [2.24, 2.45) is 0 Å². The van der Waals surface area contributed by atoms with Crippen molar-refractivity contribution in [2.75, 3.05) is 6.61 Å². The molecule has 122 valence electrons. The van der Waals surface area contributed by atoms with Gasteiger partial charge in [-0.2, -0.15) is 0 Å². The smallest absolute Gasteiger partial charge is 0.251 e. The highest BCUT2D eigenvalue weighted by Crippen LogP contribution is 2.13. The second-order valence-electron chi connectivity index (χ2n) is 5.88. The van der Waals surface area contributed by atoms with E-state index in [4.69, 9.17) is 5.11 Å². The minimum atomic E-state index is -0.0286. The van der Waals surface area contributed by atoms with E-state index in [0.717, 1.165) is 30.4 Å². The molecule has 0 bridgehead atoms. The van der Waals surface area contributed by atoms with Crippen molar-refractivity contribution in [1.29, 1.82) is 0 Å². The number of amides is 1. The summed E-state index contributed by atoms with van der Waals surface area (Å²) < 4.78 is 0. The minimum absolute atomic E-state index is 0.0286. The number of carbonyl (C=O) groups excluding carboxylic acids is 1. The normalized spacial score (nSPS) is 11.9. The summed E-state index contributed by atoms with van der Waals surface area (Å²) in [4.78, 5) is 12.5. The predicted molar refractivity (Wildman–Crippen MR) is 93.5 cm³/mol. The summed E-state index contributed by atoms with van der Waals surface area (Å²) in [5, 5.41) is 11.9. The molecule has 0 fully saturated rings. The first kappa shape index (κ1) is 17.2. The van der Waals surface area contributed by atoms with Crippen LogP contribution in [0.3, 0.4) is 0 Å². The van der Waals surface area contributed by atoms with Gasteiger partial charge in [0.25, 0.3) is 5.91 Å². The van der Waals surface area contributed by atoms with Crippen LogP contribution < -0.4 is 5.32 Å². The lowest BCUT2D eigenvalue weighted by Gasteiger charge is -2.15. The van der Waals surface area contributed by atoms with Gasteiger partial charge in [0.2, 0.25) is 0 Å². The maximum Gasteiger partial charge on any atom is 0.251 e. The molecule has 2 rings (SSSR count). The zero-order valence-corrected chi connectivity index (χ0v) is 13.7. The lowest BCUT2D eigenvalue weighted by Crippen LogP contribution is -2.33. The number of nitrogens with one attached hydrogen (secondary N) is 1. The summed E-state index contributed by atoms with van der Waals surface area (Å²) in [5.74, 6) is -0.0286. The van der Waals surface area contributed by atoms with Crippen LogP contribution in [0.4, 0.5) is 0 Å². The molecule has 0 saturated heterocycles. The largest absolute Gasteiger partial charge is 0.396 e. The lowest BCUT2D eigenvalue weighted by molar-refractivity contribution is 0.0935. The number of rotatable bonds is 8. The molecule has 0 radical (unpaired) electrons. The van der Waals surface area contributed by atoms with E-state index in [1.165, 1.54) is 5.56 Å². The highest BCUT2D eigenvalue weighted by molar-refractivity contribution is 5.95. The van der Waals surface area contributed by atoms with E-state index in [-0.39, 0.29) is 18.6 Å². The van der Waals surface area contributed by atoms with Crippen LogP contribution in [0.2, 0.25) is 0 Å². The lowest BCUT2D eigenvalue weighted by atomic mass is 9.99. The van der Waals surface area contributed by atoms with E-state index >= 15 is 0 Å². The molecule has 2 aromatic carbocycles. The molecular formula is C20H25NO2. The van der Waals surface area contributed by atoms with Gasteiger partial charge in [0, 0.05) is 18.2 Å². The number of hydrogen-bond acceptors (Lipinski definition) is 2. The Balaban J connectivity index is 2.00. The molecule has 0 saturated carbocycles. The third kappa shape index (κ3) is 5.53. The first-order chi connectivity index (χ1) is 11.2. The number of hydrogen-bond donors (Lipinski definition) is 2. The monoisotopic (exact) mass is 311 g/mol. The van der Waals surface area contributed by atoms with Crippen LogP contribution in [-0.2, 0) is 12.8 Å². The highest BCUT2D eigenvalue weighted by Gasteiger charge is 2.13. The van der Waals surface area contributed by atoms with E-state index in [1.807, 2.05) is 49.4 Å². The van der Waals surface area contributed by atoms with E-state index in [2.05, 4.69) is 17.4 Å². The molecule has 3 heteroatoms. The van der Waals surface area contributed by atoms with Gasteiger partial charge < -0.3 is 10.4 Å². The Morgan fingerprint density at radius 2 is 1.74 bits per heavy atom. The fraction of sp³-hybridized carbons (Fsp3) is 0.350. The molecule has 3 nitrogen and oxygen atoms in total. The molecule has 0 aromatic heterocycles. The molecule has 2 N–H and O–H groups in total. The summed E-state index contributed by atoms with van der Waals surface area (Å²) in [6.07, 6.45) is 3.26. The molecule has 0 aliphatic rings. The quantitative estimate of drug-likeness (QED) is 0.785. The average Bonchev–Trinajstić information content (AvgIpc) is 2.59. The minimum Gasteiger partial charge on any atom is -0.396 e. The van der Waals surface area contributed by atoms with E-state index < -0.39 is 0 Å². The Bertz CT molecular complexity index is 610. The molecule has 0 aliphatic heterocycles. The summed E-state index contributed by atoms with van der Waals surface area (Å²) in [5.41, 5.74) is 3.10. The molecule has 0 spiro atoms. The van der Waals surface area contributed by atoms with Crippen molar-refractivity contribution in [3.05, 3.63) is 71.3 Å². The third-order valence-corrected chi connectivity index (χ3v) is 3.96. The maximum atomic E-state index is 12.5. The van der Waals surface area contributed by atoms with Gasteiger partial charge in [-0.15, -0.1) is 0 Å². The van der Waals surface area contributed by atoms with Gasteiger partial charge in [0.15, 0.2) is 0 Å². The van der Waals surface area contributed by atoms with Crippen LogP contribution >= 0.6 is 0 Å². The standard InChI is InChI=1S/C20H25NO2/c1-16(8-7-15-22)21-20(23)19-12-6-5-11-18(19)14-13-17-9-3-2-4-10-17/h2-6,9-12,16,22H,7-8,13-15H2,1H3,(H,21,23). The molecule has 0 heterocycles. The maximum absolute atomic E-state index is 12.5. The number of carbonyl (C=O) groups is 1. The molecule has 1 amide bonds. The van der Waals surface area contributed by atoms with Gasteiger partial charge >= 0.3 is 0 Å². The van der Waals surface area contributed by atoms with Crippen molar-refractivity contribution >= 4 is 5.91 Å². The van der Waals surface area contributed by atoms with Gasteiger partial charge in [-0.25, -0.2) is 0 Å². The first-order valence-corrected chi connectivity index (χ1v) is 8.24. The van der Waals surface area contributed by atoms with Crippen LogP contribution in [0.5, 0.6) is 0 Å². The van der Waals surface area contributed by atoms with Gasteiger partial charge in [-0.05, 0) is 49.8 Å². The van der Waals surface area contributed by atoms with Crippen LogP contribution in [-0.4, -0.2) is 23.7 Å². The fourth-order valence-corrected chi connectivity index (χ4v) is 2.65. The molecular weight excluding hydrogens is 286 g/mol. The number of aliphatic hydroxyl groups is 1. The highest BCUT2D eigenvalue weighted by atomic mass is 16.3. The van der Waals surface area contributed by atoms with E-state index in [0.29, 0.717) is 6.42 Å². The topological polar surface area (TPSA) is 49.3 Å². The molecule has 0 aliphatic carbocycles. The van der Waals surface area contributed by atoms with Crippen LogP contribution in [0.1, 0.15) is 41.3 Å². The van der Waals surface area contributed by atoms with Gasteiger partial charge in [0.1, 0.15) is 0 Å². The number of aryl methyl sites for hydroxylation is 2. The first-order valence-electron chi connectivity index (χ1n) is 8.24. The Labute approximate surface area is 138 Å². The third-order valence-electron chi connectivity index (χ3n) is 3.96. The van der Waals surface area contributed by atoms with Gasteiger partial charge in [0.05, 0.1) is 0 Å². The molecule has 1 atom stereocenters. The molecule has 2 aromatic rings. The average molecular weight is 311 g/mol. The van der Waals surface area contributed by atoms with Crippen LogP contribution in [0.25, 0.3) is 0 Å². The van der Waals surface area contributed by atoms with Crippen molar-refractivity contribution in [3.63, 3.8) is 0 Å². The van der Waals surface area contributed by atoms with E-state index in [9.17, 15) is 4.79 Å². The SMILES string of the molecule is CC(CCCO)NC(=O)c1ccccc1CCc1ccccc1. The predicted octanol–water partition coefficient (Wildman–Crippen LogP) is 3.36. The van der Waals surface area contributed by atoms with Crippen LogP contribution in [0.15, 0.2) is 54.6 Å². The molecule has 23 heavy (non-hydrogen) atoms. The number of aliphatic hydroxyl groups excluding tert-OH is 1. The van der Waals surface area contributed by atoms with Crippen LogP contribution in [0, 0.1) is 0 Å². The van der Waals surface area contributed by atoms with Crippen molar-refractivity contribution < 1.29 is 9.90 Å². The van der Waals surface area contributed by atoms with Gasteiger partial charge in [-0.1, -0.05) is 48.5 Å². The van der Waals surface area contributed by atoms with E-state index in [1.54, 1.807) is 0 Å². The fourth-order valence-electron chi connectivity index (χ4n) is 2.65. The van der Waals surface area contributed by atoms with Crippen molar-refractivity contribution in [1.82, 2.24) is 5.32 Å². The number of benzene rings is 2. The van der Waals surface area contributed by atoms with Crippen molar-refractivity contribution in [3.8, 4) is 0 Å². The van der Waals surface area contributed by atoms with Crippen molar-refractivity contribution in [2.45, 2.75) is 38.6 Å². The summed E-state index contributed by atoms with van der Waals surface area (Å²) in [6, 6.07) is 18.2. The second kappa shape index (κ2) is 9.11. The summed E-state index contributed by atoms with van der Waals surface area (Å²) in [7, 11) is 0. The summed E-state index contributed by atoms with van der Waals surface area (Å²) in [6.45, 7) is 2.13. The Morgan fingerprint density at radius 3 is 2.48 bits per heavy atom. The summed E-state index contributed by atoms with van der Waals surface area (Å²) >= 11 is 0.